The molecule has 0 atom stereocenters. The van der Waals surface area contributed by atoms with Crippen LogP contribution in [0.15, 0.2) is 60.8 Å². The van der Waals surface area contributed by atoms with Crippen LogP contribution in [-0.4, -0.2) is 22.4 Å². The van der Waals surface area contributed by atoms with E-state index in [0.717, 1.165) is 30.0 Å². The van der Waals surface area contributed by atoms with Gasteiger partial charge in [0.1, 0.15) is 5.15 Å². The average molecular weight is 367 g/mol. The summed E-state index contributed by atoms with van der Waals surface area (Å²) in [5.41, 5.74) is 3.85. The Morgan fingerprint density at radius 2 is 1.81 bits per heavy atom. The van der Waals surface area contributed by atoms with Gasteiger partial charge in [-0.3, -0.25) is 9.78 Å². The number of amides is 1. The summed E-state index contributed by atoms with van der Waals surface area (Å²) < 4.78 is 0. The molecule has 132 valence electrons. The number of nitrogens with zero attached hydrogens (tertiary/aromatic N) is 2. The highest BCUT2D eigenvalue weighted by Gasteiger charge is 2.11. The minimum atomic E-state index is -0.279. The fraction of sp³-hybridized carbons (Fsp3) is 0.150. The van der Waals surface area contributed by atoms with Crippen molar-refractivity contribution in [3.63, 3.8) is 0 Å². The maximum Gasteiger partial charge on any atom is 0.258 e. The summed E-state index contributed by atoms with van der Waals surface area (Å²) in [6.07, 6.45) is 2.64. The van der Waals surface area contributed by atoms with E-state index in [1.165, 1.54) is 0 Å². The SMILES string of the molecule is Cc1ccc(C(=O)Nc2ccc(NCCc3ccccn3)cc2)c(Cl)n1. The van der Waals surface area contributed by atoms with Gasteiger partial charge in [-0.05, 0) is 55.5 Å². The predicted octanol–water partition coefficient (Wildman–Crippen LogP) is 4.35. The summed E-state index contributed by atoms with van der Waals surface area (Å²) in [5, 5.41) is 6.37. The van der Waals surface area contributed by atoms with E-state index in [2.05, 4.69) is 20.6 Å². The van der Waals surface area contributed by atoms with E-state index in [1.54, 1.807) is 18.3 Å². The number of hydrogen-bond acceptors (Lipinski definition) is 4. The quantitative estimate of drug-likeness (QED) is 0.636. The predicted molar refractivity (Wildman–Crippen MR) is 105 cm³/mol. The van der Waals surface area contributed by atoms with E-state index in [-0.39, 0.29) is 11.1 Å². The normalized spacial score (nSPS) is 10.4. The van der Waals surface area contributed by atoms with E-state index in [0.29, 0.717) is 11.3 Å². The van der Waals surface area contributed by atoms with Gasteiger partial charge in [-0.1, -0.05) is 17.7 Å². The third kappa shape index (κ3) is 4.80. The number of hydrogen-bond donors (Lipinski definition) is 2. The number of anilines is 2. The fourth-order valence-electron chi connectivity index (χ4n) is 2.45. The number of rotatable bonds is 6. The number of pyridine rings is 2. The second kappa shape index (κ2) is 8.45. The van der Waals surface area contributed by atoms with Gasteiger partial charge < -0.3 is 10.6 Å². The molecule has 3 rings (SSSR count). The summed E-state index contributed by atoms with van der Waals surface area (Å²) >= 11 is 6.04. The summed E-state index contributed by atoms with van der Waals surface area (Å²) in [4.78, 5) is 20.7. The molecule has 0 aliphatic carbocycles. The monoisotopic (exact) mass is 366 g/mol. The number of carbonyl (C=O) groups excluding carboxylic acids is 1. The van der Waals surface area contributed by atoms with E-state index < -0.39 is 0 Å². The lowest BCUT2D eigenvalue weighted by molar-refractivity contribution is 0.102. The first-order valence-corrected chi connectivity index (χ1v) is 8.68. The number of aryl methyl sites for hydroxylation is 1. The van der Waals surface area contributed by atoms with E-state index in [1.807, 2.05) is 49.4 Å². The van der Waals surface area contributed by atoms with Gasteiger partial charge in [0, 0.05) is 41.9 Å². The highest BCUT2D eigenvalue weighted by Crippen LogP contribution is 2.18. The van der Waals surface area contributed by atoms with Crippen LogP contribution in [0.25, 0.3) is 0 Å². The van der Waals surface area contributed by atoms with Gasteiger partial charge in [0.2, 0.25) is 0 Å². The van der Waals surface area contributed by atoms with Crippen molar-refractivity contribution in [1.82, 2.24) is 9.97 Å². The maximum atomic E-state index is 12.3. The molecular formula is C20H19ClN4O. The van der Waals surface area contributed by atoms with Crippen molar-refractivity contribution < 1.29 is 4.79 Å². The van der Waals surface area contributed by atoms with Crippen LogP contribution >= 0.6 is 11.6 Å². The molecule has 5 nitrogen and oxygen atoms in total. The first kappa shape index (κ1) is 17.9. The van der Waals surface area contributed by atoms with Gasteiger partial charge in [-0.15, -0.1) is 0 Å². The van der Waals surface area contributed by atoms with Gasteiger partial charge >= 0.3 is 0 Å². The van der Waals surface area contributed by atoms with Crippen molar-refractivity contribution >= 4 is 28.9 Å². The van der Waals surface area contributed by atoms with Crippen LogP contribution in [-0.2, 0) is 6.42 Å². The van der Waals surface area contributed by atoms with Crippen LogP contribution in [0, 0.1) is 6.92 Å². The average Bonchev–Trinajstić information content (AvgIpc) is 2.64. The Morgan fingerprint density at radius 3 is 2.50 bits per heavy atom. The van der Waals surface area contributed by atoms with E-state index in [9.17, 15) is 4.79 Å². The molecule has 2 heterocycles. The highest BCUT2D eigenvalue weighted by atomic mass is 35.5. The van der Waals surface area contributed by atoms with Crippen LogP contribution in [0.2, 0.25) is 5.15 Å². The molecule has 2 N–H and O–H groups in total. The van der Waals surface area contributed by atoms with E-state index in [4.69, 9.17) is 11.6 Å². The Labute approximate surface area is 157 Å². The number of halogens is 1. The van der Waals surface area contributed by atoms with Crippen molar-refractivity contribution in [1.29, 1.82) is 0 Å². The third-order valence-corrected chi connectivity index (χ3v) is 4.10. The van der Waals surface area contributed by atoms with Crippen molar-refractivity contribution in [2.24, 2.45) is 0 Å². The molecular weight excluding hydrogens is 348 g/mol. The van der Waals surface area contributed by atoms with Crippen molar-refractivity contribution in [2.75, 3.05) is 17.2 Å². The highest BCUT2D eigenvalue weighted by molar-refractivity contribution is 6.33. The molecule has 0 spiro atoms. The Kier molecular flexibility index (Phi) is 5.81. The summed E-state index contributed by atoms with van der Waals surface area (Å²) in [7, 11) is 0. The van der Waals surface area contributed by atoms with Crippen molar-refractivity contribution in [3.05, 3.63) is 82.9 Å². The van der Waals surface area contributed by atoms with Crippen molar-refractivity contribution in [3.8, 4) is 0 Å². The topological polar surface area (TPSA) is 66.9 Å². The molecule has 0 unspecified atom stereocenters. The molecule has 0 aliphatic heterocycles. The van der Waals surface area contributed by atoms with Gasteiger partial charge in [-0.2, -0.15) is 0 Å². The number of nitrogens with one attached hydrogen (secondary N) is 2. The minimum Gasteiger partial charge on any atom is -0.385 e. The summed E-state index contributed by atoms with van der Waals surface area (Å²) in [6.45, 7) is 2.61. The Bertz CT molecular complexity index is 882. The van der Waals surface area contributed by atoms with Gasteiger partial charge in [0.25, 0.3) is 5.91 Å². The largest absolute Gasteiger partial charge is 0.385 e. The second-order valence-electron chi connectivity index (χ2n) is 5.82. The summed E-state index contributed by atoms with van der Waals surface area (Å²) in [6, 6.07) is 16.9. The smallest absolute Gasteiger partial charge is 0.258 e. The van der Waals surface area contributed by atoms with Crippen LogP contribution in [0.4, 0.5) is 11.4 Å². The van der Waals surface area contributed by atoms with Gasteiger partial charge in [0.05, 0.1) is 5.56 Å². The first-order valence-electron chi connectivity index (χ1n) is 8.30. The molecule has 2 aromatic heterocycles. The Morgan fingerprint density at radius 1 is 1.04 bits per heavy atom. The zero-order chi connectivity index (χ0) is 18.4. The number of benzene rings is 1. The zero-order valence-electron chi connectivity index (χ0n) is 14.4. The lowest BCUT2D eigenvalue weighted by Gasteiger charge is -2.09. The minimum absolute atomic E-state index is 0.204. The van der Waals surface area contributed by atoms with Crippen LogP contribution < -0.4 is 10.6 Å². The maximum absolute atomic E-state index is 12.3. The van der Waals surface area contributed by atoms with Gasteiger partial charge in [-0.25, -0.2) is 4.98 Å². The van der Waals surface area contributed by atoms with Crippen LogP contribution in [0.1, 0.15) is 21.7 Å². The first-order chi connectivity index (χ1) is 12.6. The summed E-state index contributed by atoms with van der Waals surface area (Å²) in [5.74, 6) is -0.279. The van der Waals surface area contributed by atoms with E-state index >= 15 is 0 Å². The third-order valence-electron chi connectivity index (χ3n) is 3.81. The fourth-order valence-corrected chi connectivity index (χ4v) is 2.73. The molecule has 3 aromatic rings. The zero-order valence-corrected chi connectivity index (χ0v) is 15.1. The molecule has 0 saturated heterocycles. The molecule has 0 bridgehead atoms. The Hall–Kier alpha value is -2.92. The van der Waals surface area contributed by atoms with Crippen LogP contribution in [0.5, 0.6) is 0 Å². The Balaban J connectivity index is 1.54. The molecule has 26 heavy (non-hydrogen) atoms. The molecule has 0 fully saturated rings. The lowest BCUT2D eigenvalue weighted by atomic mass is 10.2. The lowest BCUT2D eigenvalue weighted by Crippen LogP contribution is -2.13. The molecule has 6 heteroatoms. The van der Waals surface area contributed by atoms with Crippen molar-refractivity contribution in [2.45, 2.75) is 13.3 Å². The number of carbonyl (C=O) groups is 1. The second-order valence-corrected chi connectivity index (χ2v) is 6.18. The molecule has 0 radical (unpaired) electrons. The molecule has 1 amide bonds. The molecule has 0 aliphatic rings. The number of aromatic nitrogens is 2. The molecule has 0 saturated carbocycles. The standard InChI is InChI=1S/C20H19ClN4O/c1-14-5-10-18(19(21)24-14)20(26)25-17-8-6-16(7-9-17)23-13-11-15-4-2-3-12-22-15/h2-10,12,23H,11,13H2,1H3,(H,25,26). The molecule has 1 aromatic carbocycles. The van der Waals surface area contributed by atoms with Crippen LogP contribution in [0.3, 0.4) is 0 Å². The van der Waals surface area contributed by atoms with Gasteiger partial charge in [0.15, 0.2) is 0 Å².